The number of primary amides is 1. The fraction of sp³-hybridized carbons (Fsp3) is 0.557. The number of alkyl carbamates (subject to hydrolysis) is 1. The number of amides is 10. The fourth-order valence-electron chi connectivity index (χ4n) is 9.46. The zero-order valence-corrected chi connectivity index (χ0v) is 50.3. The molecule has 23 heteroatoms. The molecule has 4 heterocycles. The smallest absolute Gasteiger partial charge is 0.407 e. The van der Waals surface area contributed by atoms with Crippen LogP contribution in [-0.4, -0.2) is 144 Å². The van der Waals surface area contributed by atoms with Gasteiger partial charge in [-0.3, -0.25) is 28.9 Å². The SMILES string of the molecule is C/C=C(\C)c1cn(Cc2ccccc2)c(C(C2CCOCC2)N(CC2CNCC2F)C(=O)NC(C)CNC(=O)OCc2ccc(NC(=O)[C@H](CCCNC(N)=O)NC=O)cc2)n1.CC.CC(C)C(C)NC(=O)CCCCCN1C(=O)C=CC1=O. The number of rotatable bonds is 29. The average Bonchev–Trinajstić information content (AvgIpc) is 4.03. The molecule has 6 rings (SSSR count). The third kappa shape index (κ3) is 23.2. The maximum absolute atomic E-state index is 15.3. The molecule has 462 valence electrons. The van der Waals surface area contributed by atoms with E-state index in [9.17, 15) is 38.4 Å². The monoisotopic (exact) mass is 1170 g/mol. The molecule has 84 heavy (non-hydrogen) atoms. The first-order valence-electron chi connectivity index (χ1n) is 29.5. The molecule has 2 saturated heterocycles. The molecule has 5 unspecified atom stereocenters. The van der Waals surface area contributed by atoms with Crippen molar-refractivity contribution in [3.63, 3.8) is 0 Å². The van der Waals surface area contributed by atoms with Gasteiger partial charge >= 0.3 is 18.2 Å². The van der Waals surface area contributed by atoms with Crippen molar-refractivity contribution in [1.82, 2.24) is 51.3 Å². The van der Waals surface area contributed by atoms with Crippen molar-refractivity contribution in [3.05, 3.63) is 102 Å². The Labute approximate surface area is 494 Å². The van der Waals surface area contributed by atoms with Crippen molar-refractivity contribution < 1.29 is 52.2 Å². The van der Waals surface area contributed by atoms with Crippen LogP contribution in [0, 0.1) is 17.8 Å². The van der Waals surface area contributed by atoms with Crippen molar-refractivity contribution in [2.75, 3.05) is 57.8 Å². The summed E-state index contributed by atoms with van der Waals surface area (Å²) in [6.45, 7) is 19.0. The van der Waals surface area contributed by atoms with E-state index in [1.165, 1.54) is 17.1 Å². The van der Waals surface area contributed by atoms with Gasteiger partial charge < -0.3 is 61.9 Å². The number of imidazole rings is 1. The highest BCUT2D eigenvalue weighted by Gasteiger charge is 2.40. The van der Waals surface area contributed by atoms with Gasteiger partial charge in [-0.2, -0.15) is 0 Å². The van der Waals surface area contributed by atoms with E-state index in [1.54, 1.807) is 36.1 Å². The Morgan fingerprint density at radius 3 is 2.21 bits per heavy atom. The van der Waals surface area contributed by atoms with Crippen LogP contribution in [0.15, 0.2) is 79.0 Å². The van der Waals surface area contributed by atoms with Gasteiger partial charge in [-0.05, 0) is 107 Å². The van der Waals surface area contributed by atoms with Gasteiger partial charge in [-0.15, -0.1) is 0 Å². The second-order valence-electron chi connectivity index (χ2n) is 21.4. The molecule has 0 radical (unpaired) electrons. The summed E-state index contributed by atoms with van der Waals surface area (Å²) in [6, 6.07) is 14.0. The van der Waals surface area contributed by atoms with Crippen molar-refractivity contribution in [3.8, 4) is 0 Å². The summed E-state index contributed by atoms with van der Waals surface area (Å²) in [6.07, 6.45) is 10.2. The van der Waals surface area contributed by atoms with Crippen molar-refractivity contribution in [2.24, 2.45) is 23.5 Å². The molecule has 0 aliphatic carbocycles. The van der Waals surface area contributed by atoms with Crippen LogP contribution in [0.1, 0.15) is 135 Å². The first-order valence-corrected chi connectivity index (χ1v) is 29.5. The predicted octanol–water partition coefficient (Wildman–Crippen LogP) is 6.87. The first kappa shape index (κ1) is 68.8. The lowest BCUT2D eigenvalue weighted by Crippen LogP contribution is -2.52. The van der Waals surface area contributed by atoms with Crippen molar-refractivity contribution >= 4 is 59.5 Å². The summed E-state index contributed by atoms with van der Waals surface area (Å²) in [5.74, 6) is -0.120. The highest BCUT2D eigenvalue weighted by atomic mass is 19.1. The molecule has 2 fully saturated rings. The van der Waals surface area contributed by atoms with Gasteiger partial charge in [-0.1, -0.05) is 82.7 Å². The van der Waals surface area contributed by atoms with Crippen LogP contribution in [-0.2, 0) is 46.6 Å². The fourth-order valence-corrected chi connectivity index (χ4v) is 9.46. The molecular formula is C61H91FN12O10. The number of anilines is 1. The maximum Gasteiger partial charge on any atom is 0.407 e. The number of urea groups is 2. The number of carbonyl (C=O) groups is 8. The minimum absolute atomic E-state index is 0.00823. The lowest BCUT2D eigenvalue weighted by Gasteiger charge is -2.40. The van der Waals surface area contributed by atoms with Gasteiger partial charge in [0.25, 0.3) is 11.8 Å². The van der Waals surface area contributed by atoms with Crippen LogP contribution < -0.4 is 43.0 Å². The molecular weight excluding hydrogens is 1080 g/mol. The Bertz CT molecular complexity index is 2610. The Balaban J connectivity index is 0.000000578. The molecule has 3 aliphatic rings. The molecule has 0 saturated carbocycles. The first-order chi connectivity index (χ1) is 40.4. The highest BCUT2D eigenvalue weighted by Crippen LogP contribution is 2.37. The summed E-state index contributed by atoms with van der Waals surface area (Å²) < 4.78 is 28.6. The average molecular weight is 1170 g/mol. The number of nitrogens with one attached hydrogen (secondary N) is 7. The standard InChI is InChI=1S/C44H61FN10O7.C15H24N2O3.C2H6/c1-4-29(2)38-26-54(24-31-9-6-5-7-10-31)40(53-38)39(33-16-19-61-20-17-33)55(25-34-22-47-23-36(34)45)43(59)51-30(3)21-49-44(60)62-27-32-12-14-35(15-13-32)52-41(57)37(50-28-56)11-8-18-48-42(46)58;1-11(2)12(3)16-13(18)7-5-4-6-10-17-14(19)8-9-15(17)20;1-2/h4-7,9-10,12-15,26,28,30,33-34,36-37,39,47H,8,11,16-25,27H2,1-3H3,(H,49,60)(H,50,56)(H,51,59)(H,52,57)(H3,46,48,58);8-9,11-12H,4-7,10H2,1-3H3,(H,16,18);1-2H3/b29-4+;;/t30?,34?,36?,37-,39?;;/m0../s1. The largest absolute Gasteiger partial charge is 0.445 e. The minimum Gasteiger partial charge on any atom is -0.445 e. The molecule has 10 amide bonds. The van der Waals surface area contributed by atoms with E-state index in [0.29, 0.717) is 82.1 Å². The number of unbranched alkanes of at least 4 members (excludes halogenated alkanes) is 2. The number of ether oxygens (including phenoxy) is 2. The van der Waals surface area contributed by atoms with E-state index >= 15 is 4.39 Å². The van der Waals surface area contributed by atoms with Crippen LogP contribution in [0.25, 0.3) is 5.57 Å². The summed E-state index contributed by atoms with van der Waals surface area (Å²) in [5, 5.41) is 19.5. The normalized spacial score (nSPS) is 17.3. The van der Waals surface area contributed by atoms with Crippen LogP contribution >= 0.6 is 0 Å². The summed E-state index contributed by atoms with van der Waals surface area (Å²) >= 11 is 0. The lowest BCUT2D eigenvalue weighted by atomic mass is 9.89. The predicted molar refractivity (Wildman–Crippen MR) is 321 cm³/mol. The van der Waals surface area contributed by atoms with E-state index in [4.69, 9.17) is 20.2 Å². The Kier molecular flexibility index (Phi) is 30.2. The van der Waals surface area contributed by atoms with Crippen molar-refractivity contribution in [1.29, 1.82) is 0 Å². The quantitative estimate of drug-likeness (QED) is 0.0201. The molecule has 2 aromatic carbocycles. The number of allylic oxidation sites excluding steroid dienone is 2. The number of imide groups is 1. The zero-order valence-electron chi connectivity index (χ0n) is 50.3. The topological polar surface area (TPSA) is 290 Å². The molecule has 0 bridgehead atoms. The second kappa shape index (κ2) is 36.8. The van der Waals surface area contributed by atoms with E-state index < -0.39 is 48.2 Å². The molecule has 6 atom stereocenters. The van der Waals surface area contributed by atoms with Crippen LogP contribution in [0.5, 0.6) is 0 Å². The second-order valence-corrected chi connectivity index (χ2v) is 21.4. The summed E-state index contributed by atoms with van der Waals surface area (Å²) in [5.41, 5.74) is 9.07. The number of hydrogen-bond acceptors (Lipinski definition) is 12. The van der Waals surface area contributed by atoms with E-state index in [0.717, 1.165) is 41.9 Å². The summed E-state index contributed by atoms with van der Waals surface area (Å²) in [4.78, 5) is 104. The number of nitrogens with zero attached hydrogens (tertiary/aromatic N) is 4. The molecule has 22 nitrogen and oxygen atoms in total. The van der Waals surface area contributed by atoms with Gasteiger partial charge in [0.05, 0.1) is 11.7 Å². The van der Waals surface area contributed by atoms with Gasteiger partial charge in [0.2, 0.25) is 18.2 Å². The third-order valence-corrected chi connectivity index (χ3v) is 14.7. The lowest BCUT2D eigenvalue weighted by molar-refractivity contribution is -0.137. The third-order valence-electron chi connectivity index (χ3n) is 14.7. The maximum atomic E-state index is 15.3. The molecule has 0 spiro atoms. The zero-order chi connectivity index (χ0) is 61.6. The number of hydrogen-bond donors (Lipinski definition) is 8. The number of halogens is 1. The van der Waals surface area contributed by atoms with Crippen LogP contribution in [0.4, 0.5) is 24.5 Å². The molecule has 1 aromatic heterocycles. The Morgan fingerprint density at radius 1 is 0.905 bits per heavy atom. The van der Waals surface area contributed by atoms with E-state index in [2.05, 4.69) is 67.8 Å². The highest BCUT2D eigenvalue weighted by molar-refractivity contribution is 6.12. The van der Waals surface area contributed by atoms with Gasteiger partial charge in [0.1, 0.15) is 24.6 Å². The van der Waals surface area contributed by atoms with E-state index in [-0.39, 0.29) is 74.9 Å². The van der Waals surface area contributed by atoms with Gasteiger partial charge in [0.15, 0.2) is 0 Å². The molecule has 9 N–H and O–H groups in total. The van der Waals surface area contributed by atoms with Gasteiger partial charge in [-0.25, -0.2) is 23.8 Å². The van der Waals surface area contributed by atoms with Gasteiger partial charge in [0, 0.05) is 107 Å². The van der Waals surface area contributed by atoms with Crippen LogP contribution in [0.2, 0.25) is 0 Å². The van der Waals surface area contributed by atoms with Crippen LogP contribution in [0.3, 0.4) is 0 Å². The number of nitrogens with two attached hydrogens (primary N) is 1. The number of alkyl halides is 1. The molecule has 3 aliphatic heterocycles. The Hall–Kier alpha value is -7.66. The van der Waals surface area contributed by atoms with E-state index in [1.807, 2.05) is 65.1 Å². The minimum atomic E-state index is -1.12. The summed E-state index contributed by atoms with van der Waals surface area (Å²) in [7, 11) is 0. The molecule has 3 aromatic rings. The van der Waals surface area contributed by atoms with Crippen molar-refractivity contribution in [2.45, 2.75) is 150 Å². The Morgan fingerprint density at radius 2 is 1.60 bits per heavy atom. The number of aromatic nitrogens is 2. The number of benzene rings is 2. The number of carbonyl (C=O) groups excluding carboxylic acids is 8.